The molecule has 0 heterocycles. The number of methoxy groups -OCH3 is 1. The van der Waals surface area contributed by atoms with E-state index < -0.39 is 0 Å². The van der Waals surface area contributed by atoms with Crippen molar-refractivity contribution in [2.45, 2.75) is 32.9 Å². The largest absolute Gasteiger partial charge is 0.504 e. The van der Waals surface area contributed by atoms with Gasteiger partial charge in [0.05, 0.1) is 20.2 Å². The summed E-state index contributed by atoms with van der Waals surface area (Å²) in [5, 5.41) is 16.3. The van der Waals surface area contributed by atoms with Gasteiger partial charge in [0.15, 0.2) is 17.5 Å². The Bertz CT molecular complexity index is 790. The maximum absolute atomic E-state index is 13.3. The van der Waals surface area contributed by atoms with Crippen LogP contribution < -0.4 is 20.1 Å². The summed E-state index contributed by atoms with van der Waals surface area (Å²) in [5.41, 5.74) is 0.860. The molecule has 0 aliphatic carbocycles. The Kier molecular flexibility index (Phi) is 11.2. The zero-order chi connectivity index (χ0) is 20.4. The van der Waals surface area contributed by atoms with Crippen LogP contribution in [-0.2, 0) is 6.54 Å². The predicted octanol–water partition coefficient (Wildman–Crippen LogP) is 4.07. The van der Waals surface area contributed by atoms with E-state index in [0.717, 1.165) is 12.0 Å². The van der Waals surface area contributed by atoms with Crippen molar-refractivity contribution in [1.82, 2.24) is 10.6 Å². The van der Waals surface area contributed by atoms with E-state index in [1.165, 1.54) is 19.2 Å². The van der Waals surface area contributed by atoms with Gasteiger partial charge in [-0.05, 0) is 43.2 Å². The lowest BCUT2D eigenvalue weighted by molar-refractivity contribution is 0.198. The van der Waals surface area contributed by atoms with Gasteiger partial charge in [0.2, 0.25) is 0 Å². The van der Waals surface area contributed by atoms with Gasteiger partial charge < -0.3 is 25.2 Å². The summed E-state index contributed by atoms with van der Waals surface area (Å²) in [6, 6.07) is 11.3. The molecular formula is C21H29FIN3O3. The number of ether oxygens (including phenoxy) is 2. The summed E-state index contributed by atoms with van der Waals surface area (Å²) in [4.78, 5) is 4.53. The molecule has 6 nitrogen and oxygen atoms in total. The fourth-order valence-corrected chi connectivity index (χ4v) is 2.56. The van der Waals surface area contributed by atoms with Gasteiger partial charge in [-0.15, -0.1) is 24.0 Å². The van der Waals surface area contributed by atoms with Crippen molar-refractivity contribution in [2.75, 3.05) is 20.2 Å². The lowest BCUT2D eigenvalue weighted by Gasteiger charge is -2.20. The molecule has 2 aromatic carbocycles. The Hall–Kier alpha value is -2.23. The standard InChI is InChI=1S/C21H28FN3O3.HI/c1-4-17(28-18-8-6-7-16(22)12-18)14-25-21(23-5-2)24-13-15-9-10-20(27-3)19(26)11-15;/h6-12,17,26H,4-5,13-14H2,1-3H3,(H2,23,24,25);1H. The highest BCUT2D eigenvalue weighted by atomic mass is 127. The molecule has 0 spiro atoms. The van der Waals surface area contributed by atoms with Crippen molar-refractivity contribution in [1.29, 1.82) is 0 Å². The molecule has 2 rings (SSSR count). The van der Waals surface area contributed by atoms with Crippen LogP contribution >= 0.6 is 24.0 Å². The summed E-state index contributed by atoms with van der Waals surface area (Å²) >= 11 is 0. The van der Waals surface area contributed by atoms with Crippen LogP contribution in [0.1, 0.15) is 25.8 Å². The van der Waals surface area contributed by atoms with Gasteiger partial charge in [-0.3, -0.25) is 0 Å². The number of guanidine groups is 1. The molecule has 0 saturated heterocycles. The fraction of sp³-hybridized carbons (Fsp3) is 0.381. The number of halogens is 2. The summed E-state index contributed by atoms with van der Waals surface area (Å²) in [5.74, 6) is 1.34. The van der Waals surface area contributed by atoms with Crippen LogP contribution in [0.3, 0.4) is 0 Å². The smallest absolute Gasteiger partial charge is 0.191 e. The number of aromatic hydroxyl groups is 1. The second kappa shape index (κ2) is 13.1. The van der Waals surface area contributed by atoms with Gasteiger partial charge in [-0.2, -0.15) is 0 Å². The fourth-order valence-electron chi connectivity index (χ4n) is 2.56. The number of nitrogens with one attached hydrogen (secondary N) is 2. The van der Waals surface area contributed by atoms with Crippen molar-refractivity contribution in [3.8, 4) is 17.2 Å². The number of nitrogens with zero attached hydrogens (tertiary/aromatic N) is 1. The van der Waals surface area contributed by atoms with E-state index in [0.29, 0.717) is 37.1 Å². The van der Waals surface area contributed by atoms with E-state index >= 15 is 0 Å². The first-order valence-electron chi connectivity index (χ1n) is 9.36. The van der Waals surface area contributed by atoms with Crippen molar-refractivity contribution in [3.05, 3.63) is 53.8 Å². The lowest BCUT2D eigenvalue weighted by Crippen LogP contribution is -2.42. The molecule has 2 aromatic rings. The van der Waals surface area contributed by atoms with E-state index in [1.54, 1.807) is 24.3 Å². The van der Waals surface area contributed by atoms with Crippen molar-refractivity contribution < 1.29 is 19.0 Å². The van der Waals surface area contributed by atoms with Crippen LogP contribution in [0.4, 0.5) is 4.39 Å². The van der Waals surface area contributed by atoms with Gasteiger partial charge in [0.25, 0.3) is 0 Å². The molecule has 3 N–H and O–H groups in total. The van der Waals surface area contributed by atoms with Crippen LogP contribution in [0, 0.1) is 5.82 Å². The van der Waals surface area contributed by atoms with E-state index in [4.69, 9.17) is 9.47 Å². The molecular weight excluding hydrogens is 488 g/mol. The van der Waals surface area contributed by atoms with Crippen LogP contribution in [0.2, 0.25) is 0 Å². The molecule has 1 unspecified atom stereocenters. The predicted molar refractivity (Wildman–Crippen MR) is 124 cm³/mol. The van der Waals surface area contributed by atoms with Crippen LogP contribution in [0.25, 0.3) is 0 Å². The Labute approximate surface area is 188 Å². The lowest BCUT2D eigenvalue weighted by atomic mass is 10.2. The third-order valence-electron chi connectivity index (χ3n) is 4.06. The molecule has 0 aromatic heterocycles. The number of hydrogen-bond acceptors (Lipinski definition) is 4. The third kappa shape index (κ3) is 8.35. The first-order valence-corrected chi connectivity index (χ1v) is 9.36. The molecule has 0 amide bonds. The summed E-state index contributed by atoms with van der Waals surface area (Å²) < 4.78 is 24.2. The second-order valence-corrected chi connectivity index (χ2v) is 6.19. The number of benzene rings is 2. The van der Waals surface area contributed by atoms with Gasteiger partial charge in [0.1, 0.15) is 17.7 Å². The number of rotatable bonds is 9. The Morgan fingerprint density at radius 1 is 1.17 bits per heavy atom. The first-order chi connectivity index (χ1) is 13.5. The zero-order valence-corrected chi connectivity index (χ0v) is 19.3. The summed E-state index contributed by atoms with van der Waals surface area (Å²) in [7, 11) is 1.51. The Morgan fingerprint density at radius 3 is 2.59 bits per heavy atom. The minimum Gasteiger partial charge on any atom is -0.504 e. The van der Waals surface area contributed by atoms with Crippen molar-refractivity contribution in [2.24, 2.45) is 4.99 Å². The average molecular weight is 517 g/mol. The SMILES string of the molecule is CCNC(=NCc1ccc(OC)c(O)c1)NCC(CC)Oc1cccc(F)c1.I. The van der Waals surface area contributed by atoms with E-state index in [-0.39, 0.29) is 41.6 Å². The second-order valence-electron chi connectivity index (χ2n) is 6.19. The number of hydrogen-bond donors (Lipinski definition) is 3. The maximum atomic E-state index is 13.3. The van der Waals surface area contributed by atoms with Gasteiger partial charge >= 0.3 is 0 Å². The third-order valence-corrected chi connectivity index (χ3v) is 4.06. The highest BCUT2D eigenvalue weighted by Crippen LogP contribution is 2.26. The molecule has 0 bridgehead atoms. The van der Waals surface area contributed by atoms with Gasteiger partial charge in [-0.25, -0.2) is 9.38 Å². The molecule has 0 aliphatic heterocycles. The zero-order valence-electron chi connectivity index (χ0n) is 16.9. The molecule has 0 fully saturated rings. The highest BCUT2D eigenvalue weighted by molar-refractivity contribution is 14.0. The van der Waals surface area contributed by atoms with Crippen molar-refractivity contribution in [3.63, 3.8) is 0 Å². The van der Waals surface area contributed by atoms with Crippen molar-refractivity contribution >= 4 is 29.9 Å². The number of phenolic OH excluding ortho intramolecular Hbond substituents is 1. The quantitative estimate of drug-likeness (QED) is 0.266. The van der Waals surface area contributed by atoms with E-state index in [1.807, 2.05) is 19.9 Å². The molecule has 0 saturated carbocycles. The molecule has 160 valence electrons. The van der Waals surface area contributed by atoms with E-state index in [9.17, 15) is 9.50 Å². The number of aliphatic imine (C=N–C) groups is 1. The normalized spacial score (nSPS) is 11.9. The Balaban J connectivity index is 0.00000420. The van der Waals surface area contributed by atoms with Crippen LogP contribution in [-0.4, -0.2) is 37.4 Å². The molecule has 8 heteroatoms. The minimum atomic E-state index is -0.321. The van der Waals surface area contributed by atoms with Gasteiger partial charge in [-0.1, -0.05) is 19.1 Å². The minimum absolute atomic E-state index is 0. The molecule has 29 heavy (non-hydrogen) atoms. The summed E-state index contributed by atoms with van der Waals surface area (Å²) in [6.45, 7) is 5.62. The topological polar surface area (TPSA) is 75.1 Å². The van der Waals surface area contributed by atoms with Crippen LogP contribution in [0.5, 0.6) is 17.2 Å². The van der Waals surface area contributed by atoms with Gasteiger partial charge in [0, 0.05) is 12.6 Å². The van der Waals surface area contributed by atoms with Crippen LogP contribution in [0.15, 0.2) is 47.5 Å². The molecule has 0 aliphatic rings. The summed E-state index contributed by atoms with van der Waals surface area (Å²) in [6.07, 6.45) is 0.630. The maximum Gasteiger partial charge on any atom is 0.191 e. The molecule has 1 atom stereocenters. The average Bonchev–Trinajstić information content (AvgIpc) is 2.69. The Morgan fingerprint density at radius 2 is 1.97 bits per heavy atom. The molecule has 0 radical (unpaired) electrons. The van der Waals surface area contributed by atoms with E-state index in [2.05, 4.69) is 15.6 Å². The highest BCUT2D eigenvalue weighted by Gasteiger charge is 2.10. The first kappa shape index (κ1) is 24.8. The number of phenols is 1. The monoisotopic (exact) mass is 517 g/mol.